The first kappa shape index (κ1) is 18.1. The Bertz CT molecular complexity index is 847. The first-order valence-electron chi connectivity index (χ1n) is 8.68. The van der Waals surface area contributed by atoms with Gasteiger partial charge in [0.1, 0.15) is 5.01 Å². The quantitative estimate of drug-likeness (QED) is 0.518. The molecule has 2 heterocycles. The SMILES string of the molecule is CCNC(=NCc1ccccc1-n1ccnc1)NCc1nc(C)c(C)s1. The first-order valence-corrected chi connectivity index (χ1v) is 9.50. The molecule has 0 bridgehead atoms. The van der Waals surface area contributed by atoms with Crippen molar-refractivity contribution in [2.75, 3.05) is 6.54 Å². The summed E-state index contributed by atoms with van der Waals surface area (Å²) in [4.78, 5) is 14.7. The number of hydrogen-bond acceptors (Lipinski definition) is 4. The molecule has 0 unspecified atom stereocenters. The van der Waals surface area contributed by atoms with Gasteiger partial charge in [-0.15, -0.1) is 11.3 Å². The van der Waals surface area contributed by atoms with Crippen molar-refractivity contribution in [3.8, 4) is 5.69 Å². The molecular formula is C19H24N6S. The zero-order valence-corrected chi connectivity index (χ0v) is 16.2. The van der Waals surface area contributed by atoms with E-state index in [4.69, 9.17) is 4.99 Å². The van der Waals surface area contributed by atoms with Gasteiger partial charge in [-0.3, -0.25) is 0 Å². The van der Waals surface area contributed by atoms with Crippen LogP contribution in [0.5, 0.6) is 0 Å². The van der Waals surface area contributed by atoms with E-state index in [1.165, 1.54) is 4.88 Å². The number of aliphatic imine (C=N–C) groups is 1. The average molecular weight is 369 g/mol. The van der Waals surface area contributed by atoms with Crippen LogP contribution in [0, 0.1) is 13.8 Å². The van der Waals surface area contributed by atoms with Crippen molar-refractivity contribution in [1.29, 1.82) is 0 Å². The van der Waals surface area contributed by atoms with Crippen molar-refractivity contribution in [2.24, 2.45) is 4.99 Å². The molecule has 1 aromatic carbocycles. The summed E-state index contributed by atoms with van der Waals surface area (Å²) in [6.07, 6.45) is 5.53. The number of para-hydroxylation sites is 1. The van der Waals surface area contributed by atoms with E-state index in [0.717, 1.165) is 34.5 Å². The molecule has 0 saturated carbocycles. The van der Waals surface area contributed by atoms with Crippen molar-refractivity contribution in [3.05, 3.63) is 64.1 Å². The molecule has 6 nitrogen and oxygen atoms in total. The topological polar surface area (TPSA) is 67.1 Å². The van der Waals surface area contributed by atoms with E-state index >= 15 is 0 Å². The van der Waals surface area contributed by atoms with Crippen molar-refractivity contribution in [1.82, 2.24) is 25.2 Å². The van der Waals surface area contributed by atoms with Crippen LogP contribution in [-0.4, -0.2) is 27.0 Å². The Morgan fingerprint density at radius 3 is 2.77 bits per heavy atom. The van der Waals surface area contributed by atoms with Gasteiger partial charge in [0.2, 0.25) is 0 Å². The van der Waals surface area contributed by atoms with Crippen LogP contribution in [-0.2, 0) is 13.1 Å². The second-order valence-corrected chi connectivity index (χ2v) is 7.18. The Morgan fingerprint density at radius 1 is 1.23 bits per heavy atom. The Kier molecular flexibility index (Phi) is 6.01. The monoisotopic (exact) mass is 368 g/mol. The number of aromatic nitrogens is 3. The molecule has 0 aliphatic carbocycles. The number of nitrogens with one attached hydrogen (secondary N) is 2. The van der Waals surface area contributed by atoms with E-state index in [-0.39, 0.29) is 0 Å². The van der Waals surface area contributed by atoms with Gasteiger partial charge in [-0.25, -0.2) is 15.0 Å². The summed E-state index contributed by atoms with van der Waals surface area (Å²) in [7, 11) is 0. The number of guanidine groups is 1. The summed E-state index contributed by atoms with van der Waals surface area (Å²) in [5, 5.41) is 7.74. The molecule has 0 fully saturated rings. The van der Waals surface area contributed by atoms with Crippen molar-refractivity contribution >= 4 is 17.3 Å². The highest BCUT2D eigenvalue weighted by Crippen LogP contribution is 2.16. The number of aryl methyl sites for hydroxylation is 2. The molecule has 2 N–H and O–H groups in total. The second-order valence-electron chi connectivity index (χ2n) is 5.90. The minimum Gasteiger partial charge on any atom is -0.357 e. The predicted octanol–water partition coefficient (Wildman–Crippen LogP) is 3.20. The van der Waals surface area contributed by atoms with Crippen LogP contribution in [0.1, 0.15) is 28.1 Å². The summed E-state index contributed by atoms with van der Waals surface area (Å²) >= 11 is 1.72. The molecule has 0 amide bonds. The van der Waals surface area contributed by atoms with Gasteiger partial charge < -0.3 is 15.2 Å². The van der Waals surface area contributed by atoms with Crippen LogP contribution in [0.15, 0.2) is 48.0 Å². The third-order valence-electron chi connectivity index (χ3n) is 4.01. The zero-order valence-electron chi connectivity index (χ0n) is 15.4. The molecular weight excluding hydrogens is 344 g/mol. The number of imidazole rings is 1. The van der Waals surface area contributed by atoms with E-state index in [9.17, 15) is 0 Å². The third-order valence-corrected chi connectivity index (χ3v) is 5.08. The van der Waals surface area contributed by atoms with Crippen LogP contribution < -0.4 is 10.6 Å². The summed E-state index contributed by atoms with van der Waals surface area (Å²) in [5.74, 6) is 0.790. The Balaban J connectivity index is 1.71. The fourth-order valence-electron chi connectivity index (χ4n) is 2.58. The number of nitrogens with zero attached hydrogens (tertiary/aromatic N) is 4. The maximum atomic E-state index is 4.74. The lowest BCUT2D eigenvalue weighted by Crippen LogP contribution is -2.36. The standard InChI is InChI=1S/C19H24N6S/c1-4-21-19(23-12-18-24-14(2)15(3)26-18)22-11-16-7-5-6-8-17(16)25-10-9-20-13-25/h5-10,13H,4,11-12H2,1-3H3,(H2,21,22,23). The van der Waals surface area contributed by atoms with Crippen LogP contribution in [0.4, 0.5) is 0 Å². The molecule has 2 aromatic heterocycles. The second kappa shape index (κ2) is 8.62. The largest absolute Gasteiger partial charge is 0.357 e. The molecule has 0 saturated heterocycles. The highest BCUT2D eigenvalue weighted by Gasteiger charge is 2.06. The van der Waals surface area contributed by atoms with E-state index < -0.39 is 0 Å². The van der Waals surface area contributed by atoms with Gasteiger partial charge in [0.25, 0.3) is 0 Å². The van der Waals surface area contributed by atoms with E-state index in [2.05, 4.69) is 46.6 Å². The molecule has 136 valence electrons. The summed E-state index contributed by atoms with van der Waals surface area (Å²) in [6.45, 7) is 8.28. The van der Waals surface area contributed by atoms with Crippen molar-refractivity contribution in [3.63, 3.8) is 0 Å². The van der Waals surface area contributed by atoms with Gasteiger partial charge in [-0.2, -0.15) is 0 Å². The number of hydrogen-bond donors (Lipinski definition) is 2. The molecule has 26 heavy (non-hydrogen) atoms. The number of thiazole rings is 1. The smallest absolute Gasteiger partial charge is 0.191 e. The maximum Gasteiger partial charge on any atom is 0.191 e. The van der Waals surface area contributed by atoms with Crippen LogP contribution >= 0.6 is 11.3 Å². The molecule has 0 spiro atoms. The van der Waals surface area contributed by atoms with Crippen LogP contribution in [0.25, 0.3) is 5.69 Å². The van der Waals surface area contributed by atoms with Gasteiger partial charge in [-0.05, 0) is 32.4 Å². The molecule has 3 aromatic rings. The molecule has 0 atom stereocenters. The Morgan fingerprint density at radius 2 is 2.08 bits per heavy atom. The minimum atomic E-state index is 0.583. The van der Waals surface area contributed by atoms with E-state index in [1.807, 2.05) is 29.8 Å². The summed E-state index contributed by atoms with van der Waals surface area (Å²) in [5.41, 5.74) is 3.34. The fourth-order valence-corrected chi connectivity index (χ4v) is 3.45. The maximum absolute atomic E-state index is 4.74. The van der Waals surface area contributed by atoms with Gasteiger partial charge in [-0.1, -0.05) is 18.2 Å². The van der Waals surface area contributed by atoms with Gasteiger partial charge in [0.15, 0.2) is 5.96 Å². The number of rotatable bonds is 6. The lowest BCUT2D eigenvalue weighted by Gasteiger charge is -2.12. The van der Waals surface area contributed by atoms with Crippen molar-refractivity contribution in [2.45, 2.75) is 33.9 Å². The van der Waals surface area contributed by atoms with Gasteiger partial charge in [0.05, 0.1) is 30.8 Å². The molecule has 0 aliphatic rings. The molecule has 0 aliphatic heterocycles. The average Bonchev–Trinajstić information content (AvgIpc) is 3.28. The molecule has 7 heteroatoms. The lowest BCUT2D eigenvalue weighted by atomic mass is 10.2. The number of benzene rings is 1. The first-order chi connectivity index (χ1) is 12.7. The predicted molar refractivity (Wildman–Crippen MR) is 107 cm³/mol. The third kappa shape index (κ3) is 4.49. The van der Waals surface area contributed by atoms with Crippen molar-refractivity contribution < 1.29 is 0 Å². The van der Waals surface area contributed by atoms with Gasteiger partial charge >= 0.3 is 0 Å². The minimum absolute atomic E-state index is 0.583. The van der Waals surface area contributed by atoms with E-state index in [0.29, 0.717) is 13.1 Å². The van der Waals surface area contributed by atoms with Crippen LogP contribution in [0.2, 0.25) is 0 Å². The van der Waals surface area contributed by atoms with Gasteiger partial charge in [0, 0.05) is 23.8 Å². The Labute approximate surface area is 158 Å². The normalized spacial score (nSPS) is 11.6. The summed E-state index contributed by atoms with van der Waals surface area (Å²) < 4.78 is 2.01. The fraction of sp³-hybridized carbons (Fsp3) is 0.316. The van der Waals surface area contributed by atoms with E-state index in [1.54, 1.807) is 23.9 Å². The highest BCUT2D eigenvalue weighted by molar-refractivity contribution is 7.11. The molecule has 0 radical (unpaired) electrons. The molecule has 3 rings (SSSR count). The summed E-state index contributed by atoms with van der Waals surface area (Å²) in [6, 6.07) is 8.23. The Hall–Kier alpha value is -2.67. The zero-order chi connectivity index (χ0) is 18.4. The van der Waals surface area contributed by atoms with Crippen LogP contribution in [0.3, 0.4) is 0 Å². The highest BCUT2D eigenvalue weighted by atomic mass is 32.1. The lowest BCUT2D eigenvalue weighted by molar-refractivity contribution is 0.808.